The smallest absolute Gasteiger partial charge is 0.245 e. The summed E-state index contributed by atoms with van der Waals surface area (Å²) in [6, 6.07) is 5.58. The molecule has 0 aliphatic rings. The second-order valence-electron chi connectivity index (χ2n) is 4.93. The summed E-state index contributed by atoms with van der Waals surface area (Å²) in [5, 5.41) is 6.95. The maximum atomic E-state index is 11.7. The van der Waals surface area contributed by atoms with Gasteiger partial charge in [-0.3, -0.25) is 14.5 Å². The number of aromatic nitrogens is 3. The highest BCUT2D eigenvalue weighted by Crippen LogP contribution is 2.08. The molecule has 0 atom stereocenters. The molecule has 0 aliphatic carbocycles. The van der Waals surface area contributed by atoms with Crippen LogP contribution in [0.25, 0.3) is 0 Å². The van der Waals surface area contributed by atoms with Crippen molar-refractivity contribution in [2.24, 2.45) is 5.73 Å². The molecule has 6 nitrogen and oxygen atoms in total. The Balaban J connectivity index is 0.00000200. The zero-order valence-electron chi connectivity index (χ0n) is 11.8. The lowest BCUT2D eigenvalue weighted by atomic mass is 10.1. The molecule has 0 spiro atoms. The monoisotopic (exact) mass is 331 g/mol. The maximum Gasteiger partial charge on any atom is 0.245 e. The molecule has 8 heteroatoms. The zero-order chi connectivity index (χ0) is 13.9. The Hall–Kier alpha value is -1.63. The number of nitrogens with two attached hydrogens (primary N) is 1. The van der Waals surface area contributed by atoms with Gasteiger partial charge in [-0.15, -0.1) is 24.8 Å². The maximum absolute atomic E-state index is 11.7. The molecule has 21 heavy (non-hydrogen) atoms. The van der Waals surface area contributed by atoms with Crippen molar-refractivity contribution >= 4 is 36.5 Å². The molecule has 1 amide bonds. The summed E-state index contributed by atoms with van der Waals surface area (Å²) in [6.45, 7) is 3.93. The highest BCUT2D eigenvalue weighted by molar-refractivity contribution is 5.96. The van der Waals surface area contributed by atoms with E-state index in [9.17, 15) is 4.79 Å². The van der Waals surface area contributed by atoms with E-state index in [0.29, 0.717) is 12.4 Å². The fourth-order valence-electron chi connectivity index (χ4n) is 1.47. The fourth-order valence-corrected chi connectivity index (χ4v) is 1.47. The lowest BCUT2D eigenvalue weighted by Crippen LogP contribution is -2.45. The van der Waals surface area contributed by atoms with Crippen LogP contribution in [-0.4, -0.2) is 26.2 Å². The molecule has 3 N–H and O–H groups in total. The molecule has 0 bridgehead atoms. The number of pyridine rings is 1. The standard InChI is InChI=1S/C13H17N5O.2ClH/c1-13(2,14)12(19)16-11-5-8-18(17-11)9-10-3-6-15-7-4-10;;/h3-8H,9,14H2,1-2H3,(H,16,17,19);2*1H. The minimum atomic E-state index is -0.922. The van der Waals surface area contributed by atoms with Gasteiger partial charge in [-0.1, -0.05) is 0 Å². The average molecular weight is 332 g/mol. The Kier molecular flexibility index (Phi) is 7.35. The van der Waals surface area contributed by atoms with Crippen LogP contribution in [0.5, 0.6) is 0 Å². The average Bonchev–Trinajstić information content (AvgIpc) is 2.76. The number of amides is 1. The van der Waals surface area contributed by atoms with E-state index < -0.39 is 5.54 Å². The number of rotatable bonds is 4. The molecule has 2 aromatic heterocycles. The van der Waals surface area contributed by atoms with Gasteiger partial charge in [-0.25, -0.2) is 0 Å². The van der Waals surface area contributed by atoms with Gasteiger partial charge in [0.1, 0.15) is 0 Å². The predicted octanol–water partition coefficient (Wildman–Crippen LogP) is 1.85. The third-order valence-electron chi connectivity index (χ3n) is 2.56. The van der Waals surface area contributed by atoms with Crippen molar-refractivity contribution in [2.45, 2.75) is 25.9 Å². The number of nitrogens with zero attached hydrogens (tertiary/aromatic N) is 3. The van der Waals surface area contributed by atoms with Crippen LogP contribution in [-0.2, 0) is 11.3 Å². The normalized spacial score (nSPS) is 10.2. The van der Waals surface area contributed by atoms with E-state index in [1.54, 1.807) is 43.2 Å². The molecule has 2 heterocycles. The first kappa shape index (κ1) is 19.4. The van der Waals surface area contributed by atoms with Crippen LogP contribution >= 0.6 is 24.8 Å². The highest BCUT2D eigenvalue weighted by atomic mass is 35.5. The zero-order valence-corrected chi connectivity index (χ0v) is 13.4. The Morgan fingerprint density at radius 2 is 1.90 bits per heavy atom. The first-order valence-electron chi connectivity index (χ1n) is 5.98. The highest BCUT2D eigenvalue weighted by Gasteiger charge is 2.22. The van der Waals surface area contributed by atoms with Gasteiger partial charge >= 0.3 is 0 Å². The number of hydrogen-bond acceptors (Lipinski definition) is 4. The molecule has 0 fully saturated rings. The van der Waals surface area contributed by atoms with Gasteiger partial charge in [-0.2, -0.15) is 5.10 Å². The van der Waals surface area contributed by atoms with Crippen molar-refractivity contribution < 1.29 is 4.79 Å². The minimum Gasteiger partial charge on any atom is -0.318 e. The third-order valence-corrected chi connectivity index (χ3v) is 2.56. The third kappa shape index (κ3) is 5.71. The summed E-state index contributed by atoms with van der Waals surface area (Å²) in [6.07, 6.45) is 5.27. The van der Waals surface area contributed by atoms with Crippen LogP contribution in [0.3, 0.4) is 0 Å². The lowest BCUT2D eigenvalue weighted by molar-refractivity contribution is -0.120. The van der Waals surface area contributed by atoms with E-state index in [2.05, 4.69) is 15.4 Å². The van der Waals surface area contributed by atoms with Crippen molar-refractivity contribution in [3.8, 4) is 0 Å². The Bertz CT molecular complexity index is 565. The van der Waals surface area contributed by atoms with Crippen LogP contribution in [0.2, 0.25) is 0 Å². The number of anilines is 1. The van der Waals surface area contributed by atoms with Crippen LogP contribution in [0.4, 0.5) is 5.82 Å². The molecule has 0 saturated carbocycles. The van der Waals surface area contributed by atoms with E-state index in [1.807, 2.05) is 12.1 Å². The van der Waals surface area contributed by atoms with E-state index >= 15 is 0 Å². The first-order chi connectivity index (χ1) is 8.95. The number of hydrogen-bond donors (Lipinski definition) is 2. The SMILES string of the molecule is CC(C)(N)C(=O)Nc1ccn(Cc2ccncc2)n1.Cl.Cl. The molecule has 0 unspecified atom stereocenters. The quantitative estimate of drug-likeness (QED) is 0.895. The molecule has 0 radical (unpaired) electrons. The molecular weight excluding hydrogens is 313 g/mol. The van der Waals surface area contributed by atoms with Crippen LogP contribution < -0.4 is 11.1 Å². The van der Waals surface area contributed by atoms with Gasteiger partial charge in [0.25, 0.3) is 0 Å². The number of carbonyl (C=O) groups excluding carboxylic acids is 1. The molecule has 0 aliphatic heterocycles. The second-order valence-corrected chi connectivity index (χ2v) is 4.93. The Morgan fingerprint density at radius 3 is 2.48 bits per heavy atom. The molecule has 0 aromatic carbocycles. The summed E-state index contributed by atoms with van der Waals surface area (Å²) in [5.41, 5.74) is 5.87. The predicted molar refractivity (Wildman–Crippen MR) is 87.0 cm³/mol. The topological polar surface area (TPSA) is 85.8 Å². The van der Waals surface area contributed by atoms with Crippen molar-refractivity contribution in [1.82, 2.24) is 14.8 Å². The van der Waals surface area contributed by atoms with Gasteiger partial charge in [0.2, 0.25) is 5.91 Å². The number of halogens is 2. The number of nitrogens with one attached hydrogen (secondary N) is 1. The number of carbonyl (C=O) groups is 1. The van der Waals surface area contributed by atoms with Gasteiger partial charge in [0.05, 0.1) is 12.1 Å². The first-order valence-corrected chi connectivity index (χ1v) is 5.98. The molecule has 0 saturated heterocycles. The van der Waals surface area contributed by atoms with Gasteiger partial charge in [0, 0.05) is 24.7 Å². The van der Waals surface area contributed by atoms with Crippen molar-refractivity contribution in [1.29, 1.82) is 0 Å². The lowest BCUT2D eigenvalue weighted by Gasteiger charge is -2.16. The summed E-state index contributed by atoms with van der Waals surface area (Å²) < 4.78 is 1.74. The summed E-state index contributed by atoms with van der Waals surface area (Å²) in [4.78, 5) is 15.7. The largest absolute Gasteiger partial charge is 0.318 e. The van der Waals surface area contributed by atoms with Gasteiger partial charge in [-0.05, 0) is 31.5 Å². The van der Waals surface area contributed by atoms with E-state index in [1.165, 1.54) is 0 Å². The van der Waals surface area contributed by atoms with Crippen molar-refractivity contribution in [3.05, 3.63) is 42.4 Å². The molecule has 2 rings (SSSR count). The van der Waals surface area contributed by atoms with E-state index in [-0.39, 0.29) is 30.7 Å². The van der Waals surface area contributed by atoms with Gasteiger partial charge in [0.15, 0.2) is 5.82 Å². The second kappa shape index (κ2) is 7.97. The minimum absolute atomic E-state index is 0. The Labute approximate surface area is 135 Å². The van der Waals surface area contributed by atoms with E-state index in [4.69, 9.17) is 5.73 Å². The summed E-state index contributed by atoms with van der Waals surface area (Å²) in [5.74, 6) is 0.235. The summed E-state index contributed by atoms with van der Waals surface area (Å²) >= 11 is 0. The van der Waals surface area contributed by atoms with Gasteiger partial charge < -0.3 is 11.1 Å². The van der Waals surface area contributed by atoms with Crippen molar-refractivity contribution in [3.63, 3.8) is 0 Å². The fraction of sp³-hybridized carbons (Fsp3) is 0.308. The Morgan fingerprint density at radius 1 is 1.29 bits per heavy atom. The van der Waals surface area contributed by atoms with Crippen LogP contribution in [0, 0.1) is 0 Å². The summed E-state index contributed by atoms with van der Waals surface area (Å²) in [7, 11) is 0. The molecular formula is C13H19Cl2N5O. The molecule has 116 valence electrons. The van der Waals surface area contributed by atoms with Crippen LogP contribution in [0.15, 0.2) is 36.8 Å². The van der Waals surface area contributed by atoms with Crippen LogP contribution in [0.1, 0.15) is 19.4 Å². The van der Waals surface area contributed by atoms with Crippen molar-refractivity contribution in [2.75, 3.05) is 5.32 Å². The molecule has 2 aromatic rings. The van der Waals surface area contributed by atoms with E-state index in [0.717, 1.165) is 5.56 Å².